The van der Waals surface area contributed by atoms with Gasteiger partial charge in [0, 0.05) is 6.61 Å². The zero-order valence-electron chi connectivity index (χ0n) is 13.3. The van der Waals surface area contributed by atoms with Crippen LogP contribution in [0.1, 0.15) is 58.3 Å². The van der Waals surface area contributed by atoms with Crippen LogP contribution in [0.15, 0.2) is 0 Å². The van der Waals surface area contributed by atoms with Crippen LogP contribution in [0.3, 0.4) is 0 Å². The number of hydrogen-bond donors (Lipinski definition) is 1. The van der Waals surface area contributed by atoms with E-state index < -0.39 is 21.0 Å². The molecule has 1 saturated heterocycles. The van der Waals surface area contributed by atoms with E-state index >= 15 is 0 Å². The van der Waals surface area contributed by atoms with Crippen molar-refractivity contribution >= 4 is 10.1 Å². The van der Waals surface area contributed by atoms with Gasteiger partial charge in [0.1, 0.15) is 4.75 Å². The fourth-order valence-corrected chi connectivity index (χ4v) is 4.27. The number of rotatable bonds is 10. The molecule has 1 aliphatic heterocycles. The minimum absolute atomic E-state index is 0.108. The van der Waals surface area contributed by atoms with E-state index in [1.807, 2.05) is 6.92 Å². The Kier molecular flexibility index (Phi) is 6.64. The molecule has 0 aromatic carbocycles. The minimum Gasteiger partial charge on any atom is -0.391 e. The Labute approximate surface area is 133 Å². The van der Waals surface area contributed by atoms with E-state index in [1.54, 1.807) is 0 Å². The molecule has 130 valence electrons. The van der Waals surface area contributed by atoms with Crippen molar-refractivity contribution in [3.8, 4) is 0 Å². The van der Waals surface area contributed by atoms with Crippen molar-refractivity contribution in [2.45, 2.75) is 75.4 Å². The maximum atomic E-state index is 12.2. The fraction of sp³-hybridized carbons (Fsp3) is 1.00. The van der Waals surface area contributed by atoms with Crippen molar-refractivity contribution in [3.05, 3.63) is 0 Å². The van der Waals surface area contributed by atoms with E-state index in [1.165, 1.54) is 0 Å². The summed E-state index contributed by atoms with van der Waals surface area (Å²) >= 11 is 0. The smallest absolute Gasteiger partial charge is 0.273 e. The topological polar surface area (TPSA) is 82.1 Å². The summed E-state index contributed by atoms with van der Waals surface area (Å²) in [4.78, 5) is 0. The Morgan fingerprint density at radius 3 is 2.73 bits per heavy atom. The van der Waals surface area contributed by atoms with Crippen molar-refractivity contribution in [1.82, 2.24) is 0 Å². The number of aliphatic hydroxyl groups excluding tert-OH is 1. The van der Waals surface area contributed by atoms with Crippen LogP contribution in [-0.2, 0) is 23.8 Å². The summed E-state index contributed by atoms with van der Waals surface area (Å²) in [7, 11) is -3.61. The molecular weight excluding hydrogens is 308 g/mol. The summed E-state index contributed by atoms with van der Waals surface area (Å²) in [6, 6.07) is 0. The standard InChI is InChI=1S/C15H28O6S/c1-2-3-10-21-22(17,18)15(7-8-15)11-13(16)12-20-14-6-4-5-9-19-14/h13-14,16H,2-12H2,1H3/t13-,14+/m1/s1. The van der Waals surface area contributed by atoms with E-state index in [0.717, 1.165) is 32.1 Å². The number of hydrogen-bond acceptors (Lipinski definition) is 6. The van der Waals surface area contributed by atoms with E-state index in [9.17, 15) is 13.5 Å². The van der Waals surface area contributed by atoms with Crippen molar-refractivity contribution < 1.29 is 27.2 Å². The third-order valence-corrected chi connectivity index (χ3v) is 6.41. The molecule has 1 saturated carbocycles. The molecule has 0 amide bonds. The van der Waals surface area contributed by atoms with E-state index in [0.29, 0.717) is 19.4 Å². The van der Waals surface area contributed by atoms with Crippen LogP contribution in [-0.4, -0.2) is 50.5 Å². The zero-order valence-corrected chi connectivity index (χ0v) is 14.1. The fourth-order valence-electron chi connectivity index (χ4n) is 2.68. The first-order valence-corrected chi connectivity index (χ1v) is 9.70. The molecule has 2 atom stereocenters. The second-order valence-electron chi connectivity index (χ2n) is 6.30. The van der Waals surface area contributed by atoms with E-state index in [-0.39, 0.29) is 25.9 Å². The van der Waals surface area contributed by atoms with Crippen molar-refractivity contribution in [3.63, 3.8) is 0 Å². The normalized spacial score (nSPS) is 25.8. The molecule has 2 rings (SSSR count). The van der Waals surface area contributed by atoms with Crippen molar-refractivity contribution in [2.75, 3.05) is 19.8 Å². The Morgan fingerprint density at radius 1 is 1.36 bits per heavy atom. The first kappa shape index (κ1) is 18.1. The molecule has 2 aliphatic rings. The van der Waals surface area contributed by atoms with Crippen LogP contribution in [0, 0.1) is 0 Å². The van der Waals surface area contributed by atoms with Gasteiger partial charge in [-0.25, -0.2) is 0 Å². The average Bonchev–Trinajstić information content (AvgIpc) is 3.28. The summed E-state index contributed by atoms with van der Waals surface area (Å²) < 4.78 is 39.6. The largest absolute Gasteiger partial charge is 0.391 e. The molecule has 0 unspecified atom stereocenters. The maximum absolute atomic E-state index is 12.2. The summed E-state index contributed by atoms with van der Waals surface area (Å²) in [5.41, 5.74) is 0. The lowest BCUT2D eigenvalue weighted by atomic mass is 10.2. The molecule has 0 radical (unpaired) electrons. The van der Waals surface area contributed by atoms with Gasteiger partial charge in [-0.1, -0.05) is 13.3 Å². The number of unbranched alkanes of at least 4 members (excludes halogenated alkanes) is 1. The van der Waals surface area contributed by atoms with Gasteiger partial charge in [-0.05, 0) is 44.9 Å². The SMILES string of the molecule is CCCCOS(=O)(=O)C1(C[C@@H](O)CO[C@H]2CCCCO2)CC1. The second kappa shape index (κ2) is 8.06. The first-order chi connectivity index (χ1) is 10.5. The van der Waals surface area contributed by atoms with E-state index in [4.69, 9.17) is 13.7 Å². The maximum Gasteiger partial charge on any atom is 0.273 e. The zero-order chi connectivity index (χ0) is 16.1. The highest BCUT2D eigenvalue weighted by atomic mass is 32.2. The third-order valence-electron chi connectivity index (χ3n) is 4.29. The van der Waals surface area contributed by atoms with Gasteiger partial charge in [0.25, 0.3) is 10.1 Å². The van der Waals surface area contributed by atoms with Crippen molar-refractivity contribution in [2.24, 2.45) is 0 Å². The molecule has 6 nitrogen and oxygen atoms in total. The van der Waals surface area contributed by atoms with Crippen LogP contribution in [0.5, 0.6) is 0 Å². The van der Waals surface area contributed by atoms with Crippen molar-refractivity contribution in [1.29, 1.82) is 0 Å². The molecule has 0 aromatic heterocycles. The van der Waals surface area contributed by atoms with Gasteiger partial charge in [0.05, 0.1) is 19.3 Å². The van der Waals surface area contributed by atoms with Gasteiger partial charge < -0.3 is 14.6 Å². The second-order valence-corrected chi connectivity index (χ2v) is 8.31. The molecule has 1 heterocycles. The molecule has 0 aromatic rings. The summed E-state index contributed by atoms with van der Waals surface area (Å²) in [6.45, 7) is 3.00. The molecule has 1 N–H and O–H groups in total. The minimum atomic E-state index is -3.61. The third kappa shape index (κ3) is 4.89. The van der Waals surface area contributed by atoms with Gasteiger partial charge in [0.2, 0.25) is 0 Å². The number of aliphatic hydroxyl groups is 1. The van der Waals surface area contributed by atoms with Gasteiger partial charge in [-0.3, -0.25) is 4.18 Å². The molecule has 7 heteroatoms. The van der Waals surface area contributed by atoms with Crippen LogP contribution < -0.4 is 0 Å². The van der Waals surface area contributed by atoms with Gasteiger partial charge in [-0.15, -0.1) is 0 Å². The van der Waals surface area contributed by atoms with Crippen LogP contribution in [0.4, 0.5) is 0 Å². The Hall–Kier alpha value is -0.210. The van der Waals surface area contributed by atoms with E-state index in [2.05, 4.69) is 0 Å². The highest BCUT2D eigenvalue weighted by Gasteiger charge is 2.56. The highest BCUT2D eigenvalue weighted by molar-refractivity contribution is 7.88. The monoisotopic (exact) mass is 336 g/mol. The lowest BCUT2D eigenvalue weighted by Crippen LogP contribution is -2.34. The van der Waals surface area contributed by atoms with Gasteiger partial charge in [-0.2, -0.15) is 8.42 Å². The molecule has 0 spiro atoms. The van der Waals surface area contributed by atoms with Gasteiger partial charge in [0.15, 0.2) is 6.29 Å². The lowest BCUT2D eigenvalue weighted by molar-refractivity contribution is -0.175. The predicted octanol–water partition coefficient (Wildman–Crippen LogP) is 1.96. The quantitative estimate of drug-likeness (QED) is 0.485. The molecule has 22 heavy (non-hydrogen) atoms. The number of ether oxygens (including phenoxy) is 2. The van der Waals surface area contributed by atoms with Crippen LogP contribution >= 0.6 is 0 Å². The molecule has 1 aliphatic carbocycles. The summed E-state index contributed by atoms with van der Waals surface area (Å²) in [5.74, 6) is 0. The average molecular weight is 336 g/mol. The molecular formula is C15H28O6S. The summed E-state index contributed by atoms with van der Waals surface area (Å²) in [5, 5.41) is 10.1. The van der Waals surface area contributed by atoms with Crippen LogP contribution in [0.2, 0.25) is 0 Å². The Morgan fingerprint density at radius 2 is 2.14 bits per heavy atom. The predicted molar refractivity (Wildman–Crippen MR) is 81.9 cm³/mol. The lowest BCUT2D eigenvalue weighted by Gasteiger charge is -2.25. The Balaban J connectivity index is 1.75. The summed E-state index contributed by atoms with van der Waals surface area (Å²) in [6.07, 6.45) is 4.75. The molecule has 0 bridgehead atoms. The first-order valence-electron chi connectivity index (χ1n) is 8.29. The molecule has 2 fully saturated rings. The van der Waals surface area contributed by atoms with Crippen LogP contribution in [0.25, 0.3) is 0 Å². The highest BCUT2D eigenvalue weighted by Crippen LogP contribution is 2.48. The van der Waals surface area contributed by atoms with Gasteiger partial charge >= 0.3 is 0 Å². The Bertz CT molecular complexity index is 425.